The highest BCUT2D eigenvalue weighted by Gasteiger charge is 2.41. The molecule has 1 fully saturated rings. The smallest absolute Gasteiger partial charge is 0.374 e. The first-order chi connectivity index (χ1) is 9.83. The lowest BCUT2D eigenvalue weighted by Gasteiger charge is -2.45. The highest BCUT2D eigenvalue weighted by molar-refractivity contribution is 4.96. The first-order valence-electron chi connectivity index (χ1n) is 8.27. The highest BCUT2D eigenvalue weighted by Crippen LogP contribution is 2.39. The number of likely N-dealkylation sites (N-methyl/N-ethyl adjacent to an activating group) is 1. The van der Waals surface area contributed by atoms with Gasteiger partial charge in [-0.3, -0.25) is 0 Å². The molecule has 126 valence electrons. The summed E-state index contributed by atoms with van der Waals surface area (Å²) < 4.78 is 43.2. The van der Waals surface area contributed by atoms with Gasteiger partial charge in [0.05, 0.1) is 5.60 Å². The van der Waals surface area contributed by atoms with Gasteiger partial charge in [0, 0.05) is 19.1 Å². The first-order valence-corrected chi connectivity index (χ1v) is 8.27. The van der Waals surface area contributed by atoms with Crippen LogP contribution < -0.4 is 5.32 Å². The molecule has 1 N–H and O–H groups in total. The number of rotatable bonds is 8. The molecule has 1 rings (SSSR count). The van der Waals surface area contributed by atoms with Crippen molar-refractivity contribution >= 4 is 0 Å². The van der Waals surface area contributed by atoms with Gasteiger partial charge in [0.15, 0.2) is 0 Å². The fourth-order valence-electron chi connectivity index (χ4n) is 3.44. The lowest BCUT2D eigenvalue weighted by atomic mass is 9.74. The van der Waals surface area contributed by atoms with Gasteiger partial charge in [-0.05, 0) is 57.9 Å². The van der Waals surface area contributed by atoms with Crippen molar-refractivity contribution in [3.8, 4) is 0 Å². The van der Waals surface area contributed by atoms with Gasteiger partial charge in [-0.2, -0.15) is 13.2 Å². The number of nitrogens with one attached hydrogen (secondary N) is 1. The van der Waals surface area contributed by atoms with Gasteiger partial charge in [0.25, 0.3) is 0 Å². The minimum absolute atomic E-state index is 0.0253. The second-order valence-corrected chi connectivity index (χ2v) is 6.30. The van der Waals surface area contributed by atoms with Crippen molar-refractivity contribution in [2.45, 2.75) is 83.5 Å². The first kappa shape index (κ1) is 18.8. The van der Waals surface area contributed by atoms with E-state index in [1.165, 1.54) is 0 Å². The zero-order valence-electron chi connectivity index (χ0n) is 13.6. The number of alkyl halides is 3. The van der Waals surface area contributed by atoms with E-state index in [9.17, 15) is 13.2 Å². The average Bonchev–Trinajstić information content (AvgIpc) is 2.40. The van der Waals surface area contributed by atoms with E-state index in [1.807, 2.05) is 13.8 Å². The molecule has 0 aliphatic heterocycles. The second kappa shape index (κ2) is 8.37. The lowest BCUT2D eigenvalue weighted by molar-refractivity contribution is -0.138. The van der Waals surface area contributed by atoms with E-state index in [1.54, 1.807) is 0 Å². The molecule has 0 radical (unpaired) electrons. The molecule has 0 aromatic carbocycles. The van der Waals surface area contributed by atoms with Crippen LogP contribution in [0.3, 0.4) is 0 Å². The zero-order valence-corrected chi connectivity index (χ0v) is 13.6. The fraction of sp³-hybridized carbons (Fsp3) is 1.00. The fourth-order valence-corrected chi connectivity index (χ4v) is 3.44. The maximum Gasteiger partial charge on any atom is 0.389 e. The number of hydrogen-bond donors (Lipinski definition) is 1. The van der Waals surface area contributed by atoms with E-state index < -0.39 is 12.6 Å². The second-order valence-electron chi connectivity index (χ2n) is 6.30. The third kappa shape index (κ3) is 6.15. The van der Waals surface area contributed by atoms with Crippen molar-refractivity contribution in [2.24, 2.45) is 5.92 Å². The van der Waals surface area contributed by atoms with Crippen LogP contribution in [0.5, 0.6) is 0 Å². The molecule has 0 bridgehead atoms. The van der Waals surface area contributed by atoms with E-state index in [0.717, 1.165) is 32.2 Å². The van der Waals surface area contributed by atoms with Gasteiger partial charge in [-0.15, -0.1) is 0 Å². The number of halogens is 3. The van der Waals surface area contributed by atoms with E-state index in [4.69, 9.17) is 4.74 Å². The van der Waals surface area contributed by atoms with E-state index in [0.29, 0.717) is 18.9 Å². The van der Waals surface area contributed by atoms with Gasteiger partial charge >= 0.3 is 6.18 Å². The summed E-state index contributed by atoms with van der Waals surface area (Å²) in [7, 11) is 0. The Morgan fingerprint density at radius 1 is 1.24 bits per heavy atom. The minimum atomic E-state index is -4.06. The molecular formula is C16H30F3NO. The van der Waals surface area contributed by atoms with Crippen LogP contribution in [0.2, 0.25) is 0 Å². The average molecular weight is 309 g/mol. The third-order valence-corrected chi connectivity index (χ3v) is 4.59. The van der Waals surface area contributed by atoms with Crippen molar-refractivity contribution in [1.82, 2.24) is 5.32 Å². The van der Waals surface area contributed by atoms with Crippen molar-refractivity contribution in [2.75, 3.05) is 13.2 Å². The Morgan fingerprint density at radius 3 is 2.33 bits per heavy atom. The Kier molecular flexibility index (Phi) is 7.48. The summed E-state index contributed by atoms with van der Waals surface area (Å²) in [6, 6.07) is 0.0253. The molecular weight excluding hydrogens is 279 g/mol. The number of ether oxygens (including phenoxy) is 1. The normalized spacial score (nSPS) is 28.6. The molecule has 0 heterocycles. The molecule has 1 saturated carbocycles. The summed E-state index contributed by atoms with van der Waals surface area (Å²) in [6.45, 7) is 7.60. The van der Waals surface area contributed by atoms with Crippen LogP contribution in [-0.2, 0) is 4.74 Å². The molecule has 5 heteroatoms. The van der Waals surface area contributed by atoms with E-state index >= 15 is 0 Å². The highest BCUT2D eigenvalue weighted by atomic mass is 19.4. The van der Waals surface area contributed by atoms with Gasteiger partial charge in [-0.1, -0.05) is 13.8 Å². The standard InChI is InChI=1S/C16H30F3NO/c1-4-20-14(7-6-10-16(17,18)19)15(21-5-2)11-8-13(3)9-12-15/h13-14,20H,4-12H2,1-3H3. The molecule has 1 aliphatic carbocycles. The molecule has 0 aromatic heterocycles. The largest absolute Gasteiger partial charge is 0.389 e. The van der Waals surface area contributed by atoms with Gasteiger partial charge in [0.2, 0.25) is 0 Å². The summed E-state index contributed by atoms with van der Waals surface area (Å²) in [5.41, 5.74) is -0.275. The topological polar surface area (TPSA) is 21.3 Å². The van der Waals surface area contributed by atoms with Crippen LogP contribution in [-0.4, -0.2) is 31.0 Å². The lowest BCUT2D eigenvalue weighted by Crippen LogP contribution is -2.54. The van der Waals surface area contributed by atoms with Gasteiger partial charge in [-0.25, -0.2) is 0 Å². The van der Waals surface area contributed by atoms with Crippen LogP contribution in [0, 0.1) is 5.92 Å². The SMILES string of the molecule is CCNC(CCCC(F)(F)F)C1(OCC)CCC(C)CC1. The summed E-state index contributed by atoms with van der Waals surface area (Å²) in [4.78, 5) is 0. The van der Waals surface area contributed by atoms with Crippen molar-refractivity contribution < 1.29 is 17.9 Å². The maximum atomic E-state index is 12.4. The molecule has 1 atom stereocenters. The Hall–Kier alpha value is -0.290. The summed E-state index contributed by atoms with van der Waals surface area (Å²) in [5.74, 6) is 0.691. The molecule has 0 spiro atoms. The Bertz CT molecular complexity index is 286. The summed E-state index contributed by atoms with van der Waals surface area (Å²) in [5, 5.41) is 3.39. The molecule has 1 unspecified atom stereocenters. The summed E-state index contributed by atoms with van der Waals surface area (Å²) >= 11 is 0. The van der Waals surface area contributed by atoms with E-state index in [-0.39, 0.29) is 18.1 Å². The van der Waals surface area contributed by atoms with Crippen LogP contribution in [0.1, 0.15) is 65.7 Å². The molecule has 21 heavy (non-hydrogen) atoms. The third-order valence-electron chi connectivity index (χ3n) is 4.59. The van der Waals surface area contributed by atoms with Gasteiger partial charge < -0.3 is 10.1 Å². The van der Waals surface area contributed by atoms with Gasteiger partial charge in [0.1, 0.15) is 0 Å². The van der Waals surface area contributed by atoms with Crippen molar-refractivity contribution in [1.29, 1.82) is 0 Å². The molecule has 0 saturated heterocycles. The predicted molar refractivity (Wildman–Crippen MR) is 79.4 cm³/mol. The number of hydrogen-bond acceptors (Lipinski definition) is 2. The Morgan fingerprint density at radius 2 is 1.86 bits per heavy atom. The Labute approximate surface area is 126 Å². The minimum Gasteiger partial charge on any atom is -0.374 e. The van der Waals surface area contributed by atoms with Crippen molar-refractivity contribution in [3.05, 3.63) is 0 Å². The molecule has 0 amide bonds. The molecule has 1 aliphatic rings. The van der Waals surface area contributed by atoms with Crippen LogP contribution >= 0.6 is 0 Å². The maximum absolute atomic E-state index is 12.4. The van der Waals surface area contributed by atoms with Crippen LogP contribution in [0.4, 0.5) is 13.2 Å². The monoisotopic (exact) mass is 309 g/mol. The molecule has 0 aromatic rings. The summed E-state index contributed by atoms with van der Waals surface area (Å²) in [6.07, 6.45) is 0.0388. The van der Waals surface area contributed by atoms with Crippen molar-refractivity contribution in [3.63, 3.8) is 0 Å². The predicted octanol–water partition coefficient (Wildman–Crippen LogP) is 4.68. The van der Waals surface area contributed by atoms with E-state index in [2.05, 4.69) is 12.2 Å². The van der Waals surface area contributed by atoms with Crippen LogP contribution in [0.25, 0.3) is 0 Å². The van der Waals surface area contributed by atoms with Crippen LogP contribution in [0.15, 0.2) is 0 Å². The quantitative estimate of drug-likeness (QED) is 0.703. The Balaban J connectivity index is 2.68. The molecule has 2 nitrogen and oxygen atoms in total. The zero-order chi connectivity index (χ0) is 15.9.